The van der Waals surface area contributed by atoms with Crippen LogP contribution in [-0.4, -0.2) is 48.7 Å². The van der Waals surface area contributed by atoms with Crippen molar-refractivity contribution in [1.82, 2.24) is 19.5 Å². The Bertz CT molecular complexity index is 633. The average molecular weight is 323 g/mol. The van der Waals surface area contributed by atoms with Crippen LogP contribution < -0.4 is 5.73 Å². The van der Waals surface area contributed by atoms with Crippen LogP contribution in [0.15, 0.2) is 25.3 Å². The van der Waals surface area contributed by atoms with E-state index < -0.39 is 0 Å². The van der Waals surface area contributed by atoms with Gasteiger partial charge >= 0.3 is 0 Å². The SMILES string of the molecule is C=CCC1CC(CO)SC1n1cnc2c(N)ncnc21.CO. The van der Waals surface area contributed by atoms with E-state index in [2.05, 4.69) is 21.5 Å². The number of aliphatic hydroxyl groups is 2. The van der Waals surface area contributed by atoms with E-state index in [1.54, 1.807) is 18.1 Å². The molecule has 1 saturated heterocycles. The third-order valence-electron chi connectivity index (χ3n) is 3.64. The van der Waals surface area contributed by atoms with E-state index in [0.717, 1.165) is 25.6 Å². The zero-order valence-electron chi connectivity index (χ0n) is 12.5. The van der Waals surface area contributed by atoms with Gasteiger partial charge < -0.3 is 20.5 Å². The first kappa shape index (κ1) is 16.7. The topological polar surface area (TPSA) is 110 Å². The van der Waals surface area contributed by atoms with Gasteiger partial charge in [-0.1, -0.05) is 6.08 Å². The molecule has 8 heteroatoms. The molecule has 120 valence electrons. The normalized spacial score (nSPS) is 24.0. The van der Waals surface area contributed by atoms with E-state index in [0.29, 0.717) is 17.3 Å². The molecule has 7 nitrogen and oxygen atoms in total. The van der Waals surface area contributed by atoms with Crippen molar-refractivity contribution in [2.24, 2.45) is 5.92 Å². The molecule has 3 heterocycles. The molecule has 0 aromatic carbocycles. The molecular weight excluding hydrogens is 302 g/mol. The van der Waals surface area contributed by atoms with Crippen LogP contribution in [0.5, 0.6) is 0 Å². The summed E-state index contributed by atoms with van der Waals surface area (Å²) < 4.78 is 2.04. The highest BCUT2D eigenvalue weighted by Gasteiger charge is 2.36. The van der Waals surface area contributed by atoms with Crippen molar-refractivity contribution in [2.75, 3.05) is 19.5 Å². The summed E-state index contributed by atoms with van der Waals surface area (Å²) in [4.78, 5) is 12.6. The maximum atomic E-state index is 9.41. The summed E-state index contributed by atoms with van der Waals surface area (Å²) in [5.74, 6) is 0.818. The standard InChI is InChI=1S/C13H17N5OS.CH4O/c1-2-3-8-4-9(5-19)20-13(8)18-7-17-10-11(14)15-6-16-12(10)18;1-2/h2,6-9,13,19H,1,3-5H2,(H2,14,15,16);2H,1H3. The number of aromatic nitrogens is 4. The van der Waals surface area contributed by atoms with Gasteiger partial charge in [-0.25, -0.2) is 15.0 Å². The maximum Gasteiger partial charge on any atom is 0.166 e. The van der Waals surface area contributed by atoms with Crippen LogP contribution in [0.4, 0.5) is 5.82 Å². The summed E-state index contributed by atoms with van der Waals surface area (Å²) in [6.07, 6.45) is 7.04. The van der Waals surface area contributed by atoms with Gasteiger partial charge in [0.15, 0.2) is 11.5 Å². The van der Waals surface area contributed by atoms with Gasteiger partial charge in [-0.15, -0.1) is 18.3 Å². The molecule has 0 spiro atoms. The van der Waals surface area contributed by atoms with Crippen LogP contribution in [0, 0.1) is 5.92 Å². The van der Waals surface area contributed by atoms with Gasteiger partial charge in [0, 0.05) is 12.4 Å². The van der Waals surface area contributed by atoms with Crippen LogP contribution >= 0.6 is 11.8 Å². The summed E-state index contributed by atoms with van der Waals surface area (Å²) in [6, 6.07) is 0. The summed E-state index contributed by atoms with van der Waals surface area (Å²) in [5.41, 5.74) is 7.21. The van der Waals surface area contributed by atoms with E-state index in [1.807, 2.05) is 10.6 Å². The first-order chi connectivity index (χ1) is 10.7. The molecule has 0 bridgehead atoms. The quantitative estimate of drug-likeness (QED) is 0.725. The van der Waals surface area contributed by atoms with Crippen molar-refractivity contribution >= 4 is 28.7 Å². The van der Waals surface area contributed by atoms with E-state index in [4.69, 9.17) is 10.8 Å². The Kier molecular flexibility index (Phi) is 5.76. The highest BCUT2D eigenvalue weighted by atomic mass is 32.2. The minimum Gasteiger partial charge on any atom is -0.400 e. The third kappa shape index (κ3) is 3.08. The lowest BCUT2D eigenvalue weighted by atomic mass is 9.99. The zero-order valence-corrected chi connectivity index (χ0v) is 13.3. The summed E-state index contributed by atoms with van der Waals surface area (Å²) in [7, 11) is 1.00. The highest BCUT2D eigenvalue weighted by molar-refractivity contribution is 8.00. The molecule has 22 heavy (non-hydrogen) atoms. The monoisotopic (exact) mass is 323 g/mol. The van der Waals surface area contributed by atoms with Crippen LogP contribution in [0.3, 0.4) is 0 Å². The zero-order chi connectivity index (χ0) is 16.1. The minimum absolute atomic E-state index is 0.193. The molecule has 1 aliphatic heterocycles. The number of aliphatic hydroxyl groups excluding tert-OH is 2. The molecule has 1 aliphatic rings. The number of imidazole rings is 1. The molecule has 0 saturated carbocycles. The Labute approximate surface area is 133 Å². The van der Waals surface area contributed by atoms with Gasteiger partial charge in [0.25, 0.3) is 0 Å². The Hall–Kier alpha value is -1.64. The highest BCUT2D eigenvalue weighted by Crippen LogP contribution is 2.48. The predicted molar refractivity (Wildman–Crippen MR) is 88.3 cm³/mol. The number of nitrogens with two attached hydrogens (primary N) is 1. The Morgan fingerprint density at radius 3 is 2.91 bits per heavy atom. The number of hydrogen-bond acceptors (Lipinski definition) is 7. The fraction of sp³-hybridized carbons (Fsp3) is 0.500. The molecule has 2 aromatic rings. The van der Waals surface area contributed by atoms with E-state index in [9.17, 15) is 5.11 Å². The number of rotatable bonds is 4. The Morgan fingerprint density at radius 2 is 2.23 bits per heavy atom. The molecular formula is C14H21N5O2S. The van der Waals surface area contributed by atoms with Gasteiger partial charge in [0.05, 0.1) is 18.3 Å². The van der Waals surface area contributed by atoms with Gasteiger partial charge in [0.1, 0.15) is 11.8 Å². The molecule has 3 unspecified atom stereocenters. The first-order valence-corrected chi connectivity index (χ1v) is 7.93. The number of fused-ring (bicyclic) bond motifs is 1. The number of anilines is 1. The minimum atomic E-state index is 0.193. The van der Waals surface area contributed by atoms with E-state index in [-0.39, 0.29) is 17.2 Å². The second kappa shape index (κ2) is 7.57. The van der Waals surface area contributed by atoms with Crippen LogP contribution in [0.25, 0.3) is 11.2 Å². The molecule has 3 atom stereocenters. The second-order valence-corrected chi connectivity index (χ2v) is 6.36. The lowest BCUT2D eigenvalue weighted by molar-refractivity contribution is 0.282. The number of hydrogen-bond donors (Lipinski definition) is 3. The smallest absolute Gasteiger partial charge is 0.166 e. The molecule has 1 fully saturated rings. The molecule has 4 N–H and O–H groups in total. The van der Waals surface area contributed by atoms with Crippen molar-refractivity contribution < 1.29 is 10.2 Å². The molecule has 2 aromatic heterocycles. The number of nitrogens with zero attached hydrogens (tertiary/aromatic N) is 4. The molecule has 3 rings (SSSR count). The van der Waals surface area contributed by atoms with Crippen molar-refractivity contribution in [3.63, 3.8) is 0 Å². The van der Waals surface area contributed by atoms with Gasteiger partial charge in [-0.05, 0) is 18.8 Å². The van der Waals surface area contributed by atoms with Gasteiger partial charge in [-0.3, -0.25) is 0 Å². The maximum absolute atomic E-state index is 9.41. The van der Waals surface area contributed by atoms with Crippen molar-refractivity contribution in [1.29, 1.82) is 0 Å². The van der Waals surface area contributed by atoms with Crippen molar-refractivity contribution in [2.45, 2.75) is 23.5 Å². The molecule has 0 radical (unpaired) electrons. The first-order valence-electron chi connectivity index (χ1n) is 6.99. The second-order valence-electron chi connectivity index (χ2n) is 4.93. The summed E-state index contributed by atoms with van der Waals surface area (Å²) >= 11 is 1.76. The average Bonchev–Trinajstić information content (AvgIpc) is 3.14. The third-order valence-corrected chi connectivity index (χ3v) is 5.25. The van der Waals surface area contributed by atoms with Gasteiger partial charge in [-0.2, -0.15) is 0 Å². The fourth-order valence-corrected chi connectivity index (χ4v) is 4.28. The predicted octanol–water partition coefficient (Wildman–Crippen LogP) is 1.21. The summed E-state index contributed by atoms with van der Waals surface area (Å²) in [5, 5.41) is 16.9. The van der Waals surface area contributed by atoms with Crippen molar-refractivity contribution in [3.8, 4) is 0 Å². The van der Waals surface area contributed by atoms with Gasteiger partial charge in [0.2, 0.25) is 0 Å². The van der Waals surface area contributed by atoms with Crippen LogP contribution in [0.2, 0.25) is 0 Å². The lowest BCUT2D eigenvalue weighted by Crippen LogP contribution is -2.11. The van der Waals surface area contributed by atoms with E-state index >= 15 is 0 Å². The van der Waals surface area contributed by atoms with Crippen LogP contribution in [-0.2, 0) is 0 Å². The summed E-state index contributed by atoms with van der Waals surface area (Å²) in [6.45, 7) is 4.02. The number of thioether (sulfide) groups is 1. The lowest BCUT2D eigenvalue weighted by Gasteiger charge is -2.19. The Balaban J connectivity index is 0.000000847. The van der Waals surface area contributed by atoms with E-state index in [1.165, 1.54) is 6.33 Å². The fourth-order valence-electron chi connectivity index (χ4n) is 2.71. The number of nitrogen functional groups attached to an aromatic ring is 1. The molecule has 0 aliphatic carbocycles. The largest absolute Gasteiger partial charge is 0.400 e. The molecule has 0 amide bonds. The van der Waals surface area contributed by atoms with Crippen LogP contribution in [0.1, 0.15) is 18.2 Å². The Morgan fingerprint density at radius 1 is 1.45 bits per heavy atom. The number of allylic oxidation sites excluding steroid dienone is 1. The van der Waals surface area contributed by atoms with Crippen molar-refractivity contribution in [3.05, 3.63) is 25.3 Å².